The van der Waals surface area contributed by atoms with E-state index in [9.17, 15) is 19.8 Å². The maximum absolute atomic E-state index is 11.7. The molecule has 0 aromatic rings. The Balaban J connectivity index is 2.49. The van der Waals surface area contributed by atoms with Gasteiger partial charge in [-0.05, 0) is 17.7 Å². The third-order valence-corrected chi connectivity index (χ3v) is 5.01. The molecule has 0 aromatic carbocycles. The number of carbonyl (C=O) groups excluding carboxylic acids is 2. The van der Waals surface area contributed by atoms with Crippen molar-refractivity contribution in [3.8, 4) is 0 Å². The van der Waals surface area contributed by atoms with E-state index < -0.39 is 37.1 Å². The Morgan fingerprint density at radius 3 is 2.50 bits per heavy atom. The molecule has 0 saturated carbocycles. The number of amides is 1. The van der Waals surface area contributed by atoms with Crippen molar-refractivity contribution in [3.05, 3.63) is 0 Å². The van der Waals surface area contributed by atoms with Gasteiger partial charge in [0.15, 0.2) is 5.12 Å². The molecule has 0 bridgehead atoms. The molecule has 5 unspecified atom stereocenters. The van der Waals surface area contributed by atoms with Crippen LogP contribution in [0.25, 0.3) is 0 Å². The summed E-state index contributed by atoms with van der Waals surface area (Å²) < 4.78 is 5.33. The number of hydrogen-bond donors (Lipinski definition) is 4. The highest BCUT2D eigenvalue weighted by Gasteiger charge is 2.42. The Kier molecular flexibility index (Phi) is 7.27. The summed E-state index contributed by atoms with van der Waals surface area (Å²) in [6.45, 7) is 2.64. The monoisotopic (exact) mass is 325 g/mol. The molecule has 1 amide bonds. The molecule has 1 saturated heterocycles. The van der Waals surface area contributed by atoms with Gasteiger partial charge in [-0.1, -0.05) is 10.8 Å². The minimum atomic E-state index is -1.26. The van der Waals surface area contributed by atoms with Crippen LogP contribution in [0.3, 0.4) is 0 Å². The number of aliphatic hydroxyl groups is 3. The van der Waals surface area contributed by atoms with Crippen molar-refractivity contribution in [3.63, 3.8) is 0 Å². The minimum Gasteiger partial charge on any atom is -0.394 e. The van der Waals surface area contributed by atoms with Crippen LogP contribution in [-0.4, -0.2) is 69.2 Å². The van der Waals surface area contributed by atoms with Gasteiger partial charge in [-0.3, -0.25) is 9.59 Å². The van der Waals surface area contributed by atoms with E-state index in [0.717, 1.165) is 21.6 Å². The Hall–Kier alpha value is -0.320. The number of ether oxygens (including phenoxy) is 1. The SMILES string of the molecule is CC(=O)SSCC(=O)NC1C(C)OC(CO)C(O)C1O. The molecule has 9 heteroatoms. The quantitative estimate of drug-likeness (QED) is 0.471. The van der Waals surface area contributed by atoms with Gasteiger partial charge in [-0.15, -0.1) is 0 Å². The lowest BCUT2D eigenvalue weighted by Crippen LogP contribution is -2.63. The zero-order valence-electron chi connectivity index (χ0n) is 11.2. The van der Waals surface area contributed by atoms with Gasteiger partial charge in [0.2, 0.25) is 5.91 Å². The molecule has 1 heterocycles. The number of aliphatic hydroxyl groups excluding tert-OH is 3. The van der Waals surface area contributed by atoms with Gasteiger partial charge < -0.3 is 25.4 Å². The molecular formula is C11H19NO6S2. The molecule has 1 rings (SSSR count). The van der Waals surface area contributed by atoms with Crippen molar-refractivity contribution in [2.24, 2.45) is 0 Å². The van der Waals surface area contributed by atoms with E-state index in [2.05, 4.69) is 5.32 Å². The first kappa shape index (κ1) is 17.7. The highest BCUT2D eigenvalue weighted by Crippen LogP contribution is 2.23. The van der Waals surface area contributed by atoms with Crippen LogP contribution in [0.4, 0.5) is 0 Å². The summed E-state index contributed by atoms with van der Waals surface area (Å²) >= 11 is 0. The van der Waals surface area contributed by atoms with Crippen LogP contribution < -0.4 is 5.32 Å². The molecule has 0 aromatic heterocycles. The van der Waals surface area contributed by atoms with Crippen LogP contribution in [0, 0.1) is 0 Å². The molecule has 4 N–H and O–H groups in total. The average Bonchev–Trinajstić information content (AvgIpc) is 2.38. The van der Waals surface area contributed by atoms with Gasteiger partial charge in [0.05, 0.1) is 24.5 Å². The summed E-state index contributed by atoms with van der Waals surface area (Å²) in [4.78, 5) is 22.4. The van der Waals surface area contributed by atoms with E-state index in [4.69, 9.17) is 9.84 Å². The van der Waals surface area contributed by atoms with Crippen molar-refractivity contribution in [1.82, 2.24) is 5.32 Å². The second-order valence-electron chi connectivity index (χ2n) is 4.47. The first-order valence-corrected chi connectivity index (χ1v) is 8.40. The van der Waals surface area contributed by atoms with Gasteiger partial charge in [0.1, 0.15) is 18.3 Å². The van der Waals surface area contributed by atoms with Crippen molar-refractivity contribution in [1.29, 1.82) is 0 Å². The number of carbonyl (C=O) groups is 2. The smallest absolute Gasteiger partial charge is 0.231 e. The molecule has 5 atom stereocenters. The van der Waals surface area contributed by atoms with E-state index in [1.807, 2.05) is 0 Å². The first-order chi connectivity index (χ1) is 9.36. The molecule has 116 valence electrons. The van der Waals surface area contributed by atoms with Crippen molar-refractivity contribution < 1.29 is 29.6 Å². The molecule has 1 fully saturated rings. The van der Waals surface area contributed by atoms with E-state index in [1.165, 1.54) is 6.92 Å². The van der Waals surface area contributed by atoms with E-state index in [0.29, 0.717) is 0 Å². The van der Waals surface area contributed by atoms with E-state index in [-0.39, 0.29) is 16.8 Å². The van der Waals surface area contributed by atoms with Crippen LogP contribution in [0.5, 0.6) is 0 Å². The molecule has 0 spiro atoms. The largest absolute Gasteiger partial charge is 0.394 e. The molecule has 1 aliphatic rings. The maximum atomic E-state index is 11.7. The first-order valence-electron chi connectivity index (χ1n) is 6.08. The number of nitrogens with one attached hydrogen (secondary N) is 1. The second-order valence-corrected chi connectivity index (χ2v) is 6.95. The molecule has 1 aliphatic heterocycles. The molecule has 0 radical (unpaired) electrons. The molecule has 20 heavy (non-hydrogen) atoms. The van der Waals surface area contributed by atoms with Gasteiger partial charge in [-0.25, -0.2) is 0 Å². The highest BCUT2D eigenvalue weighted by atomic mass is 33.1. The van der Waals surface area contributed by atoms with Gasteiger partial charge >= 0.3 is 0 Å². The highest BCUT2D eigenvalue weighted by molar-refractivity contribution is 8.82. The molecular weight excluding hydrogens is 306 g/mol. The summed E-state index contributed by atoms with van der Waals surface area (Å²) in [6, 6.07) is -0.761. The minimum absolute atomic E-state index is 0.0553. The standard InChI is InChI=1S/C11H19NO6S2/c1-5-9(11(17)10(16)7(3-13)18-5)12-8(15)4-19-20-6(2)14/h5,7,9-11,13,16-17H,3-4H2,1-2H3,(H,12,15). The maximum Gasteiger partial charge on any atom is 0.231 e. The summed E-state index contributed by atoms with van der Waals surface area (Å²) in [5.41, 5.74) is 0. The predicted molar refractivity (Wildman–Crippen MR) is 76.1 cm³/mol. The Labute approximate surface area is 124 Å². The molecule has 0 aliphatic carbocycles. The van der Waals surface area contributed by atoms with Gasteiger partial charge in [0.25, 0.3) is 0 Å². The predicted octanol–water partition coefficient (Wildman–Crippen LogP) is -1.10. The van der Waals surface area contributed by atoms with Crippen LogP contribution >= 0.6 is 21.6 Å². The summed E-state index contributed by atoms with van der Waals surface area (Å²) in [6.07, 6.45) is -3.89. The number of hydrogen-bond acceptors (Lipinski definition) is 8. The molecule has 7 nitrogen and oxygen atoms in total. The van der Waals surface area contributed by atoms with Crippen LogP contribution in [0.1, 0.15) is 13.8 Å². The fourth-order valence-electron chi connectivity index (χ4n) is 1.90. The van der Waals surface area contributed by atoms with Gasteiger partial charge in [-0.2, -0.15) is 0 Å². The Morgan fingerprint density at radius 1 is 1.30 bits per heavy atom. The van der Waals surface area contributed by atoms with Crippen molar-refractivity contribution in [2.75, 3.05) is 12.4 Å². The van der Waals surface area contributed by atoms with Crippen LogP contribution in [-0.2, 0) is 14.3 Å². The van der Waals surface area contributed by atoms with Crippen molar-refractivity contribution in [2.45, 2.75) is 44.3 Å². The summed E-state index contributed by atoms with van der Waals surface area (Å²) in [5.74, 6) is -0.308. The topological polar surface area (TPSA) is 116 Å². The fraction of sp³-hybridized carbons (Fsp3) is 0.818. The normalized spacial score (nSPS) is 33.8. The summed E-state index contributed by atoms with van der Waals surface area (Å²) in [5, 5.41) is 31.2. The van der Waals surface area contributed by atoms with Crippen LogP contribution in [0.2, 0.25) is 0 Å². The van der Waals surface area contributed by atoms with E-state index in [1.54, 1.807) is 6.92 Å². The average molecular weight is 325 g/mol. The van der Waals surface area contributed by atoms with Crippen LogP contribution in [0.15, 0.2) is 0 Å². The lowest BCUT2D eigenvalue weighted by molar-refractivity contribution is -0.190. The van der Waals surface area contributed by atoms with Gasteiger partial charge in [0, 0.05) is 6.92 Å². The number of rotatable bonds is 5. The fourth-order valence-corrected chi connectivity index (χ4v) is 3.31. The zero-order valence-corrected chi connectivity index (χ0v) is 12.8. The Morgan fingerprint density at radius 2 is 1.95 bits per heavy atom. The van der Waals surface area contributed by atoms with E-state index >= 15 is 0 Å². The second kappa shape index (κ2) is 8.20. The zero-order chi connectivity index (χ0) is 15.3. The third kappa shape index (κ3) is 4.90. The van der Waals surface area contributed by atoms with Crippen molar-refractivity contribution >= 4 is 32.6 Å². The third-order valence-electron chi connectivity index (χ3n) is 2.87. The lowest BCUT2D eigenvalue weighted by atomic mass is 9.93. The Bertz CT molecular complexity index is 356. The summed E-state index contributed by atoms with van der Waals surface area (Å²) in [7, 11) is 2.06. The lowest BCUT2D eigenvalue weighted by Gasteiger charge is -2.41.